The Bertz CT molecular complexity index is 233. The van der Waals surface area contributed by atoms with Crippen molar-refractivity contribution in [3.05, 3.63) is 0 Å². The highest BCUT2D eigenvalue weighted by Crippen LogP contribution is 2.28. The van der Waals surface area contributed by atoms with E-state index in [-0.39, 0.29) is 0 Å². The zero-order valence-electron chi connectivity index (χ0n) is 14.9. The Morgan fingerprint density at radius 1 is 0.609 bits per heavy atom. The lowest BCUT2D eigenvalue weighted by Crippen LogP contribution is -2.15. The van der Waals surface area contributed by atoms with E-state index >= 15 is 0 Å². The minimum Gasteiger partial charge on any atom is -0.382 e. The second kappa shape index (κ2) is 16.7. The van der Waals surface area contributed by atoms with Gasteiger partial charge in [-0.05, 0) is 31.6 Å². The van der Waals surface area contributed by atoms with Gasteiger partial charge < -0.3 is 23.7 Å². The van der Waals surface area contributed by atoms with E-state index in [1.807, 2.05) is 0 Å². The molecule has 1 saturated carbocycles. The molecule has 1 rings (SSSR count). The summed E-state index contributed by atoms with van der Waals surface area (Å²) >= 11 is 0. The van der Waals surface area contributed by atoms with Gasteiger partial charge in [-0.3, -0.25) is 0 Å². The summed E-state index contributed by atoms with van der Waals surface area (Å²) in [5.74, 6) is 0.932. The van der Waals surface area contributed by atoms with Crippen molar-refractivity contribution in [1.82, 2.24) is 0 Å². The average Bonchev–Trinajstić information content (AvgIpc) is 2.52. The predicted molar refractivity (Wildman–Crippen MR) is 91.0 cm³/mol. The van der Waals surface area contributed by atoms with E-state index in [0.717, 1.165) is 45.0 Å². The van der Waals surface area contributed by atoms with Crippen molar-refractivity contribution in [2.45, 2.75) is 44.9 Å². The second-order valence-corrected chi connectivity index (χ2v) is 6.09. The van der Waals surface area contributed by atoms with Crippen LogP contribution in [0.3, 0.4) is 0 Å². The van der Waals surface area contributed by atoms with Crippen LogP contribution in [0, 0.1) is 5.92 Å². The third-order valence-electron chi connectivity index (χ3n) is 4.15. The molecule has 0 saturated heterocycles. The van der Waals surface area contributed by atoms with Crippen LogP contribution in [0.25, 0.3) is 0 Å². The van der Waals surface area contributed by atoms with Crippen LogP contribution in [0.1, 0.15) is 44.9 Å². The maximum Gasteiger partial charge on any atom is 0.0701 e. The molecule has 1 fully saturated rings. The number of rotatable bonds is 18. The SMILES string of the molecule is COCCOCCCCCOCCOCCOCCC1CCC1. The molecule has 5 nitrogen and oxygen atoms in total. The molecular weight excluding hydrogens is 296 g/mol. The van der Waals surface area contributed by atoms with Crippen molar-refractivity contribution >= 4 is 0 Å². The van der Waals surface area contributed by atoms with Crippen molar-refractivity contribution in [2.24, 2.45) is 5.92 Å². The molecule has 0 spiro atoms. The molecule has 0 amide bonds. The first-order valence-corrected chi connectivity index (χ1v) is 9.23. The molecule has 1 aliphatic rings. The summed E-state index contributed by atoms with van der Waals surface area (Å²) in [7, 11) is 1.69. The van der Waals surface area contributed by atoms with Gasteiger partial charge in [-0.2, -0.15) is 0 Å². The monoisotopic (exact) mass is 332 g/mol. The molecule has 23 heavy (non-hydrogen) atoms. The maximum absolute atomic E-state index is 5.56. The van der Waals surface area contributed by atoms with Gasteiger partial charge in [0.1, 0.15) is 0 Å². The Morgan fingerprint density at radius 3 is 1.65 bits per heavy atom. The summed E-state index contributed by atoms with van der Waals surface area (Å²) in [6.07, 6.45) is 8.74. The van der Waals surface area contributed by atoms with E-state index in [1.165, 1.54) is 25.7 Å². The number of hydrogen-bond acceptors (Lipinski definition) is 5. The zero-order valence-corrected chi connectivity index (χ0v) is 14.9. The highest BCUT2D eigenvalue weighted by atomic mass is 16.5. The summed E-state index contributed by atoms with van der Waals surface area (Å²) in [5.41, 5.74) is 0. The first-order chi connectivity index (χ1) is 11.4. The summed E-state index contributed by atoms with van der Waals surface area (Å²) in [5, 5.41) is 0. The van der Waals surface area contributed by atoms with Crippen molar-refractivity contribution < 1.29 is 23.7 Å². The van der Waals surface area contributed by atoms with Gasteiger partial charge in [0.15, 0.2) is 0 Å². The third kappa shape index (κ3) is 13.9. The molecule has 0 heterocycles. The van der Waals surface area contributed by atoms with Crippen LogP contribution in [-0.2, 0) is 23.7 Å². The molecule has 0 aromatic rings. The largest absolute Gasteiger partial charge is 0.382 e. The molecule has 0 bridgehead atoms. The van der Waals surface area contributed by atoms with Crippen molar-refractivity contribution in [1.29, 1.82) is 0 Å². The highest BCUT2D eigenvalue weighted by Gasteiger charge is 2.16. The van der Waals surface area contributed by atoms with E-state index in [0.29, 0.717) is 39.6 Å². The van der Waals surface area contributed by atoms with Crippen LogP contribution in [0.2, 0.25) is 0 Å². The lowest BCUT2D eigenvalue weighted by molar-refractivity contribution is 0.00965. The molecule has 138 valence electrons. The number of methoxy groups -OCH3 is 1. The molecule has 0 radical (unpaired) electrons. The minimum atomic E-state index is 0.659. The van der Waals surface area contributed by atoms with E-state index in [4.69, 9.17) is 23.7 Å². The van der Waals surface area contributed by atoms with Crippen molar-refractivity contribution in [3.8, 4) is 0 Å². The average molecular weight is 332 g/mol. The Hall–Kier alpha value is -0.200. The first-order valence-electron chi connectivity index (χ1n) is 9.23. The van der Waals surface area contributed by atoms with Crippen molar-refractivity contribution in [2.75, 3.05) is 66.6 Å². The molecule has 1 aliphatic carbocycles. The van der Waals surface area contributed by atoms with Crippen molar-refractivity contribution in [3.63, 3.8) is 0 Å². The molecule has 0 N–H and O–H groups in total. The van der Waals surface area contributed by atoms with E-state index in [9.17, 15) is 0 Å². The zero-order chi connectivity index (χ0) is 16.4. The molecule has 0 atom stereocenters. The van der Waals surface area contributed by atoms with Gasteiger partial charge in [0.05, 0.1) is 39.6 Å². The Labute approximate surface area is 142 Å². The lowest BCUT2D eigenvalue weighted by Gasteiger charge is -2.24. The van der Waals surface area contributed by atoms with E-state index in [1.54, 1.807) is 7.11 Å². The van der Waals surface area contributed by atoms with Crippen LogP contribution in [0.5, 0.6) is 0 Å². The molecule has 0 unspecified atom stereocenters. The van der Waals surface area contributed by atoms with Gasteiger partial charge in [0.25, 0.3) is 0 Å². The Morgan fingerprint density at radius 2 is 1.13 bits per heavy atom. The van der Waals surface area contributed by atoms with Gasteiger partial charge in [0.2, 0.25) is 0 Å². The molecule has 0 aliphatic heterocycles. The molecule has 0 aromatic carbocycles. The van der Waals surface area contributed by atoms with Gasteiger partial charge in [0, 0.05) is 26.9 Å². The Kier molecular flexibility index (Phi) is 15.1. The van der Waals surface area contributed by atoms with Crippen LogP contribution in [0.15, 0.2) is 0 Å². The van der Waals surface area contributed by atoms with Crippen LogP contribution in [-0.4, -0.2) is 66.6 Å². The van der Waals surface area contributed by atoms with E-state index < -0.39 is 0 Å². The number of hydrogen-bond donors (Lipinski definition) is 0. The number of ether oxygens (including phenoxy) is 5. The highest BCUT2D eigenvalue weighted by molar-refractivity contribution is 4.68. The van der Waals surface area contributed by atoms with Crippen LogP contribution in [0.4, 0.5) is 0 Å². The smallest absolute Gasteiger partial charge is 0.0701 e. The fourth-order valence-corrected chi connectivity index (χ4v) is 2.40. The molecule has 0 aromatic heterocycles. The summed E-state index contributed by atoms with van der Waals surface area (Å²) in [4.78, 5) is 0. The van der Waals surface area contributed by atoms with Crippen LogP contribution >= 0.6 is 0 Å². The van der Waals surface area contributed by atoms with Gasteiger partial charge in [-0.25, -0.2) is 0 Å². The summed E-state index contributed by atoms with van der Waals surface area (Å²) < 4.78 is 26.9. The standard InChI is InChI=1S/C18H36O5/c1-19-12-13-20-9-3-2-4-10-21-14-16-23-17-15-22-11-8-18-6-5-7-18/h18H,2-17H2,1H3. The van der Waals surface area contributed by atoms with Gasteiger partial charge in [-0.15, -0.1) is 0 Å². The fraction of sp³-hybridized carbons (Fsp3) is 1.00. The fourth-order valence-electron chi connectivity index (χ4n) is 2.40. The molecule has 5 heteroatoms. The number of unbranched alkanes of at least 4 members (excludes halogenated alkanes) is 2. The predicted octanol–water partition coefficient (Wildman–Crippen LogP) is 3.06. The quantitative estimate of drug-likeness (QED) is 0.361. The van der Waals surface area contributed by atoms with Gasteiger partial charge in [-0.1, -0.05) is 19.3 Å². The third-order valence-corrected chi connectivity index (χ3v) is 4.15. The Balaban J connectivity index is 1.61. The maximum atomic E-state index is 5.56. The summed E-state index contributed by atoms with van der Waals surface area (Å²) in [6, 6.07) is 0. The first kappa shape index (κ1) is 20.8. The molecular formula is C18H36O5. The van der Waals surface area contributed by atoms with Gasteiger partial charge >= 0.3 is 0 Å². The summed E-state index contributed by atoms with van der Waals surface area (Å²) in [6.45, 7) is 6.58. The normalized spacial score (nSPS) is 15.0. The second-order valence-electron chi connectivity index (χ2n) is 6.09. The minimum absolute atomic E-state index is 0.659. The van der Waals surface area contributed by atoms with Crippen LogP contribution < -0.4 is 0 Å². The topological polar surface area (TPSA) is 46.2 Å². The lowest BCUT2D eigenvalue weighted by atomic mass is 9.83. The van der Waals surface area contributed by atoms with E-state index in [2.05, 4.69) is 0 Å².